The molecule has 0 aliphatic rings. The number of carbonyl (C=O) groups excluding carboxylic acids is 3. The summed E-state index contributed by atoms with van der Waals surface area (Å²) < 4.78 is 15.8. The third kappa shape index (κ3) is 6.03. The van der Waals surface area contributed by atoms with Crippen LogP contribution >= 0.6 is 11.3 Å². The number of thiophene rings is 1. The minimum Gasteiger partial charge on any atom is -0.478 e. The Labute approximate surface area is 218 Å². The Morgan fingerprint density at radius 1 is 1.00 bits per heavy atom. The van der Waals surface area contributed by atoms with Crippen LogP contribution in [0.15, 0.2) is 42.0 Å². The summed E-state index contributed by atoms with van der Waals surface area (Å²) in [5.74, 6) is -1.45. The van der Waals surface area contributed by atoms with E-state index >= 15 is 0 Å². The average molecular weight is 517 g/mol. The van der Waals surface area contributed by atoms with Gasteiger partial charge in [0.2, 0.25) is 0 Å². The second-order valence-corrected chi connectivity index (χ2v) is 8.82. The normalized spacial score (nSPS) is 10.9. The maximum absolute atomic E-state index is 13.3. The summed E-state index contributed by atoms with van der Waals surface area (Å²) in [6.45, 7) is 4.99. The van der Waals surface area contributed by atoms with Gasteiger partial charge < -0.3 is 14.2 Å². The van der Waals surface area contributed by atoms with Crippen LogP contribution in [0.3, 0.4) is 0 Å². The third-order valence-electron chi connectivity index (χ3n) is 5.41. The average Bonchev–Trinajstić information content (AvgIpc) is 3.21. The second-order valence-electron chi connectivity index (χ2n) is 7.71. The van der Waals surface area contributed by atoms with Gasteiger partial charge in [0.05, 0.1) is 24.4 Å². The van der Waals surface area contributed by atoms with Crippen LogP contribution in [-0.4, -0.2) is 37.5 Å². The van der Waals surface area contributed by atoms with Gasteiger partial charge in [-0.05, 0) is 49.2 Å². The van der Waals surface area contributed by atoms with Gasteiger partial charge in [-0.15, -0.1) is 11.3 Å². The van der Waals surface area contributed by atoms with E-state index in [-0.39, 0.29) is 42.3 Å². The van der Waals surface area contributed by atoms with Gasteiger partial charge in [0.25, 0.3) is 0 Å². The zero-order valence-corrected chi connectivity index (χ0v) is 21.4. The van der Waals surface area contributed by atoms with Crippen LogP contribution in [0.4, 0.5) is 0 Å². The Morgan fingerprint density at radius 3 is 2.38 bits per heavy atom. The predicted octanol–water partition coefficient (Wildman–Crippen LogP) is 5.18. The first-order chi connectivity index (χ1) is 17.9. The van der Waals surface area contributed by atoms with Gasteiger partial charge in [-0.25, -0.2) is 9.59 Å². The van der Waals surface area contributed by atoms with E-state index in [0.29, 0.717) is 21.8 Å². The number of rotatable bonds is 10. The first-order valence-corrected chi connectivity index (χ1v) is 12.3. The van der Waals surface area contributed by atoms with E-state index in [1.165, 1.54) is 6.08 Å². The molecule has 9 heteroatoms. The summed E-state index contributed by atoms with van der Waals surface area (Å²) in [7, 11) is 0. The molecule has 1 aromatic heterocycles. The van der Waals surface area contributed by atoms with Crippen LogP contribution in [0, 0.1) is 29.6 Å². The molecule has 0 unspecified atom stereocenters. The number of hydrogen-bond acceptors (Lipinski definition) is 9. The molecule has 0 aliphatic heterocycles. The largest absolute Gasteiger partial charge is 0.478 e. The smallest absolute Gasteiger partial charge is 0.348 e. The van der Waals surface area contributed by atoms with Crippen molar-refractivity contribution in [2.45, 2.75) is 27.2 Å². The van der Waals surface area contributed by atoms with Crippen molar-refractivity contribution in [3.8, 4) is 17.9 Å². The Kier molecular flexibility index (Phi) is 9.15. The molecule has 0 amide bonds. The molecule has 0 bridgehead atoms. The summed E-state index contributed by atoms with van der Waals surface area (Å²) in [6, 6.07) is 14.7. The highest BCUT2D eigenvalue weighted by Crippen LogP contribution is 2.33. The first-order valence-electron chi connectivity index (χ1n) is 11.5. The lowest BCUT2D eigenvalue weighted by Crippen LogP contribution is -2.12. The van der Waals surface area contributed by atoms with E-state index in [9.17, 15) is 19.6 Å². The van der Waals surface area contributed by atoms with E-state index in [1.807, 2.05) is 42.5 Å². The number of ether oxygens (including phenoxy) is 3. The van der Waals surface area contributed by atoms with Crippen molar-refractivity contribution in [3.05, 3.63) is 68.4 Å². The van der Waals surface area contributed by atoms with Crippen LogP contribution in [0.2, 0.25) is 0 Å². The molecule has 0 fully saturated rings. The summed E-state index contributed by atoms with van der Waals surface area (Å²) in [4.78, 5) is 38.9. The molecule has 0 saturated carbocycles. The monoisotopic (exact) mass is 516 g/mol. The lowest BCUT2D eigenvalue weighted by atomic mass is 9.98. The molecular weight excluding hydrogens is 492 g/mol. The Balaban J connectivity index is 2.07. The van der Waals surface area contributed by atoms with Gasteiger partial charge in [-0.1, -0.05) is 30.3 Å². The van der Waals surface area contributed by atoms with Gasteiger partial charge in [-0.2, -0.15) is 10.5 Å². The number of allylic oxidation sites excluding steroid dienone is 1. The molecule has 2 aromatic carbocycles. The first kappa shape index (κ1) is 27.1. The molecule has 0 atom stereocenters. The van der Waals surface area contributed by atoms with Gasteiger partial charge in [0, 0.05) is 16.9 Å². The van der Waals surface area contributed by atoms with Crippen LogP contribution in [-0.2, 0) is 20.7 Å². The molecule has 1 heterocycles. The molecule has 0 aliphatic carbocycles. The van der Waals surface area contributed by atoms with Crippen molar-refractivity contribution in [2.75, 3.05) is 19.8 Å². The quantitative estimate of drug-likeness (QED) is 0.205. The number of fused-ring (bicyclic) bond motifs is 1. The molecule has 8 nitrogen and oxygen atoms in total. The van der Waals surface area contributed by atoms with Gasteiger partial charge >= 0.3 is 11.9 Å². The maximum atomic E-state index is 13.3. The summed E-state index contributed by atoms with van der Waals surface area (Å²) in [5, 5.41) is 20.4. The number of nitrogens with zero attached hydrogens (tertiary/aromatic N) is 2. The number of nitriles is 2. The maximum Gasteiger partial charge on any atom is 0.348 e. The number of hydrogen-bond donors (Lipinski definition) is 0. The molecule has 0 spiro atoms. The lowest BCUT2D eigenvalue weighted by Gasteiger charge is -2.10. The molecule has 3 aromatic rings. The zero-order valence-electron chi connectivity index (χ0n) is 20.6. The van der Waals surface area contributed by atoms with Gasteiger partial charge in [-0.3, -0.25) is 4.79 Å². The second kappa shape index (κ2) is 12.5. The number of ketones is 1. The summed E-state index contributed by atoms with van der Waals surface area (Å²) >= 11 is 0.974. The third-order valence-corrected chi connectivity index (χ3v) is 6.69. The molecule has 37 heavy (non-hydrogen) atoms. The van der Waals surface area contributed by atoms with E-state index in [1.54, 1.807) is 26.8 Å². The Bertz CT molecular complexity index is 1470. The highest BCUT2D eigenvalue weighted by Gasteiger charge is 2.28. The summed E-state index contributed by atoms with van der Waals surface area (Å²) in [6.07, 6.45) is 1.13. The van der Waals surface area contributed by atoms with Crippen molar-refractivity contribution in [3.63, 3.8) is 0 Å². The van der Waals surface area contributed by atoms with E-state index < -0.39 is 17.7 Å². The topological polar surface area (TPSA) is 126 Å². The highest BCUT2D eigenvalue weighted by atomic mass is 32.1. The number of esters is 2. The van der Waals surface area contributed by atoms with Crippen molar-refractivity contribution in [2.24, 2.45) is 0 Å². The fraction of sp³-hybridized carbons (Fsp3) is 0.250. The van der Waals surface area contributed by atoms with Crippen molar-refractivity contribution < 1.29 is 28.6 Å². The fourth-order valence-corrected chi connectivity index (χ4v) is 4.97. The van der Waals surface area contributed by atoms with Crippen molar-refractivity contribution in [1.29, 1.82) is 10.5 Å². The number of benzene rings is 2. The minimum absolute atomic E-state index is 0.117. The van der Waals surface area contributed by atoms with Gasteiger partial charge in [0.1, 0.15) is 22.8 Å². The van der Waals surface area contributed by atoms with Crippen LogP contribution in [0.1, 0.15) is 49.9 Å². The number of Topliss-reactive ketones (excluding diaryl/α,β-unsaturated/α-hetero) is 1. The Hall–Kier alpha value is -4.47. The van der Waals surface area contributed by atoms with E-state index in [4.69, 9.17) is 19.5 Å². The molecule has 188 valence electrons. The van der Waals surface area contributed by atoms with Gasteiger partial charge in [0.15, 0.2) is 12.4 Å². The predicted molar refractivity (Wildman–Crippen MR) is 138 cm³/mol. The standard InChI is InChI=1S/C28H24N2O6S/c1-4-34-27(32)25-17(3)26(28(33)35-5-2)37-24(25)15-22(31)19(16-30)14-21-20-9-7-6-8-18(20)10-11-23(21)36-13-12-29/h6-11,14H,4-5,13,15H2,1-3H3. The van der Waals surface area contributed by atoms with Crippen LogP contribution < -0.4 is 4.74 Å². The SMILES string of the molecule is CCOC(=O)c1sc(CC(=O)C(C#N)=Cc2c(OCC#N)ccc3ccccc23)c(C(=O)OCC)c1C. The zero-order chi connectivity index (χ0) is 26.9. The van der Waals surface area contributed by atoms with Crippen molar-refractivity contribution in [1.82, 2.24) is 0 Å². The van der Waals surface area contributed by atoms with E-state index in [2.05, 4.69) is 0 Å². The summed E-state index contributed by atoms with van der Waals surface area (Å²) in [5.41, 5.74) is 0.812. The van der Waals surface area contributed by atoms with Crippen LogP contribution in [0.25, 0.3) is 16.8 Å². The fourth-order valence-electron chi connectivity index (χ4n) is 3.78. The molecule has 3 rings (SSSR count). The lowest BCUT2D eigenvalue weighted by molar-refractivity contribution is -0.114. The van der Waals surface area contributed by atoms with Crippen LogP contribution in [0.5, 0.6) is 5.75 Å². The highest BCUT2D eigenvalue weighted by molar-refractivity contribution is 7.14. The van der Waals surface area contributed by atoms with Crippen molar-refractivity contribution >= 4 is 45.9 Å². The molecule has 0 N–H and O–H groups in total. The Morgan fingerprint density at radius 2 is 1.70 bits per heavy atom. The number of carbonyl (C=O) groups is 3. The molecule has 0 radical (unpaired) electrons. The van der Waals surface area contributed by atoms with E-state index in [0.717, 1.165) is 22.1 Å². The minimum atomic E-state index is -0.654. The molecule has 0 saturated heterocycles. The molecular formula is C28H24N2O6S.